The highest BCUT2D eigenvalue weighted by molar-refractivity contribution is 5.12. The van der Waals surface area contributed by atoms with Crippen molar-refractivity contribution in [3.63, 3.8) is 0 Å². The number of pyridine rings is 1. The van der Waals surface area contributed by atoms with Gasteiger partial charge in [-0.2, -0.15) is 0 Å². The van der Waals surface area contributed by atoms with E-state index in [2.05, 4.69) is 10.4 Å². The van der Waals surface area contributed by atoms with Crippen LogP contribution >= 0.6 is 0 Å². The molecule has 3 N–H and O–H groups in total. The largest absolute Gasteiger partial charge is 0.271 e. The van der Waals surface area contributed by atoms with Crippen LogP contribution in [0.1, 0.15) is 31.0 Å². The van der Waals surface area contributed by atoms with E-state index < -0.39 is 0 Å². The Morgan fingerprint density at radius 1 is 1.64 bits per heavy atom. The van der Waals surface area contributed by atoms with E-state index in [1.54, 1.807) is 12.3 Å². The standard InChI is InChI=1S/C10H14FN3/c11-8-2-1-5-13-10(8)9(14-12)6-7-3-4-7/h1-2,5,7,9,14H,3-4,6,12H2. The lowest BCUT2D eigenvalue weighted by atomic mass is 10.1. The highest BCUT2D eigenvalue weighted by Crippen LogP contribution is 2.37. The number of hydrogen-bond acceptors (Lipinski definition) is 3. The Morgan fingerprint density at radius 3 is 3.00 bits per heavy atom. The van der Waals surface area contributed by atoms with Gasteiger partial charge in [-0.15, -0.1) is 0 Å². The fraction of sp³-hybridized carbons (Fsp3) is 0.500. The van der Waals surface area contributed by atoms with E-state index in [1.165, 1.54) is 18.9 Å². The van der Waals surface area contributed by atoms with Crippen LogP contribution < -0.4 is 11.3 Å². The number of rotatable bonds is 4. The van der Waals surface area contributed by atoms with Gasteiger partial charge in [0, 0.05) is 6.20 Å². The molecule has 3 nitrogen and oxygen atoms in total. The maximum Gasteiger partial charge on any atom is 0.146 e. The van der Waals surface area contributed by atoms with Crippen LogP contribution in [0.4, 0.5) is 4.39 Å². The molecule has 1 atom stereocenters. The van der Waals surface area contributed by atoms with Crippen LogP contribution in [0.25, 0.3) is 0 Å². The molecular weight excluding hydrogens is 181 g/mol. The molecule has 1 saturated carbocycles. The SMILES string of the molecule is NNC(CC1CC1)c1ncccc1F. The molecule has 14 heavy (non-hydrogen) atoms. The van der Waals surface area contributed by atoms with Gasteiger partial charge in [-0.1, -0.05) is 12.8 Å². The normalized spacial score (nSPS) is 18.1. The number of halogens is 1. The van der Waals surface area contributed by atoms with Crippen LogP contribution in [0.15, 0.2) is 18.3 Å². The second-order valence-electron chi connectivity index (χ2n) is 3.77. The average Bonchev–Trinajstić information content (AvgIpc) is 2.99. The Kier molecular flexibility index (Phi) is 2.74. The van der Waals surface area contributed by atoms with Crippen LogP contribution in [0.3, 0.4) is 0 Å². The topological polar surface area (TPSA) is 50.9 Å². The monoisotopic (exact) mass is 195 g/mol. The summed E-state index contributed by atoms with van der Waals surface area (Å²) in [6.45, 7) is 0. The first-order chi connectivity index (χ1) is 6.81. The lowest BCUT2D eigenvalue weighted by molar-refractivity contribution is 0.450. The maximum atomic E-state index is 13.3. The number of aromatic nitrogens is 1. The lowest BCUT2D eigenvalue weighted by Gasteiger charge is -2.14. The summed E-state index contributed by atoms with van der Waals surface area (Å²) in [5.74, 6) is 5.80. The van der Waals surface area contributed by atoms with E-state index in [0.717, 1.165) is 6.42 Å². The van der Waals surface area contributed by atoms with Crippen molar-refractivity contribution >= 4 is 0 Å². The second kappa shape index (κ2) is 4.02. The number of nitrogens with two attached hydrogens (primary N) is 1. The Balaban J connectivity index is 2.12. The zero-order valence-electron chi connectivity index (χ0n) is 7.91. The zero-order chi connectivity index (χ0) is 9.97. The van der Waals surface area contributed by atoms with Crippen molar-refractivity contribution < 1.29 is 4.39 Å². The lowest BCUT2D eigenvalue weighted by Crippen LogP contribution is -2.29. The molecule has 0 amide bonds. The van der Waals surface area contributed by atoms with Crippen LogP contribution in [-0.2, 0) is 0 Å². The number of hydrazine groups is 1. The van der Waals surface area contributed by atoms with Gasteiger partial charge in [0.2, 0.25) is 0 Å². The minimum atomic E-state index is -0.281. The summed E-state index contributed by atoms with van der Waals surface area (Å²) in [6, 6.07) is 2.85. The molecule has 0 radical (unpaired) electrons. The van der Waals surface area contributed by atoms with E-state index >= 15 is 0 Å². The molecule has 1 aromatic rings. The summed E-state index contributed by atoms with van der Waals surface area (Å²) in [4.78, 5) is 4.01. The molecule has 1 unspecified atom stereocenters. The van der Waals surface area contributed by atoms with Crippen LogP contribution in [0, 0.1) is 11.7 Å². The van der Waals surface area contributed by atoms with Gasteiger partial charge in [0.25, 0.3) is 0 Å². The molecule has 1 heterocycles. The van der Waals surface area contributed by atoms with Gasteiger partial charge < -0.3 is 0 Å². The Hall–Kier alpha value is -1.00. The van der Waals surface area contributed by atoms with Crippen molar-refractivity contribution in [1.29, 1.82) is 0 Å². The van der Waals surface area contributed by atoms with Crippen molar-refractivity contribution in [1.82, 2.24) is 10.4 Å². The molecular formula is C10H14FN3. The maximum absolute atomic E-state index is 13.3. The molecule has 2 rings (SSSR count). The summed E-state index contributed by atoms with van der Waals surface area (Å²) < 4.78 is 13.3. The van der Waals surface area contributed by atoms with Gasteiger partial charge in [0.1, 0.15) is 5.82 Å². The fourth-order valence-corrected chi connectivity index (χ4v) is 1.60. The number of nitrogens with zero attached hydrogens (tertiary/aromatic N) is 1. The first kappa shape index (κ1) is 9.55. The van der Waals surface area contributed by atoms with Gasteiger partial charge in [0.15, 0.2) is 0 Å². The summed E-state index contributed by atoms with van der Waals surface area (Å²) in [5, 5.41) is 0. The molecule has 1 aliphatic rings. The van der Waals surface area contributed by atoms with Gasteiger partial charge in [-0.05, 0) is 24.5 Å². The zero-order valence-corrected chi connectivity index (χ0v) is 7.91. The Morgan fingerprint density at radius 2 is 2.43 bits per heavy atom. The van der Waals surface area contributed by atoms with Gasteiger partial charge >= 0.3 is 0 Å². The van der Waals surface area contributed by atoms with Crippen LogP contribution in [0.5, 0.6) is 0 Å². The third kappa shape index (κ3) is 2.08. The highest BCUT2D eigenvalue weighted by atomic mass is 19.1. The summed E-state index contributed by atoms with van der Waals surface area (Å²) in [5.41, 5.74) is 3.06. The van der Waals surface area contributed by atoms with Crippen molar-refractivity contribution in [3.05, 3.63) is 29.8 Å². The smallest absolute Gasteiger partial charge is 0.146 e. The van der Waals surface area contributed by atoms with Crippen molar-refractivity contribution in [2.45, 2.75) is 25.3 Å². The Labute approximate surface area is 82.5 Å². The summed E-state index contributed by atoms with van der Waals surface area (Å²) in [7, 11) is 0. The number of nitrogens with one attached hydrogen (secondary N) is 1. The molecule has 1 fully saturated rings. The molecule has 1 aliphatic carbocycles. The van der Waals surface area contributed by atoms with Crippen molar-refractivity contribution in [3.8, 4) is 0 Å². The quantitative estimate of drug-likeness (QED) is 0.565. The minimum Gasteiger partial charge on any atom is -0.271 e. The molecule has 0 aromatic carbocycles. The Bertz CT molecular complexity index is 312. The predicted molar refractivity (Wildman–Crippen MR) is 51.6 cm³/mol. The molecule has 4 heteroatoms. The molecule has 1 aromatic heterocycles. The van der Waals surface area contributed by atoms with E-state index in [0.29, 0.717) is 11.6 Å². The van der Waals surface area contributed by atoms with Crippen LogP contribution in [-0.4, -0.2) is 4.98 Å². The molecule has 0 spiro atoms. The summed E-state index contributed by atoms with van der Waals surface area (Å²) in [6.07, 6.45) is 4.93. The van der Waals surface area contributed by atoms with E-state index in [9.17, 15) is 4.39 Å². The third-order valence-electron chi connectivity index (χ3n) is 2.58. The van der Waals surface area contributed by atoms with Crippen LogP contribution in [0.2, 0.25) is 0 Å². The number of hydrogen-bond donors (Lipinski definition) is 2. The molecule has 0 aliphatic heterocycles. The van der Waals surface area contributed by atoms with Gasteiger partial charge in [-0.3, -0.25) is 16.3 Å². The first-order valence-electron chi connectivity index (χ1n) is 4.88. The molecule has 0 bridgehead atoms. The van der Waals surface area contributed by atoms with Gasteiger partial charge in [-0.25, -0.2) is 4.39 Å². The highest BCUT2D eigenvalue weighted by Gasteiger charge is 2.27. The predicted octanol–water partition coefficient (Wildman–Crippen LogP) is 1.53. The van der Waals surface area contributed by atoms with Gasteiger partial charge in [0.05, 0.1) is 11.7 Å². The van der Waals surface area contributed by atoms with E-state index in [-0.39, 0.29) is 11.9 Å². The fourth-order valence-electron chi connectivity index (χ4n) is 1.60. The average molecular weight is 195 g/mol. The third-order valence-corrected chi connectivity index (χ3v) is 2.58. The second-order valence-corrected chi connectivity index (χ2v) is 3.77. The van der Waals surface area contributed by atoms with Crippen molar-refractivity contribution in [2.24, 2.45) is 11.8 Å². The van der Waals surface area contributed by atoms with E-state index in [1.807, 2.05) is 0 Å². The van der Waals surface area contributed by atoms with E-state index in [4.69, 9.17) is 5.84 Å². The molecule has 0 saturated heterocycles. The van der Waals surface area contributed by atoms with Crippen molar-refractivity contribution in [2.75, 3.05) is 0 Å². The molecule has 76 valence electrons. The summed E-state index contributed by atoms with van der Waals surface area (Å²) >= 11 is 0. The first-order valence-corrected chi connectivity index (χ1v) is 4.88. The minimum absolute atomic E-state index is 0.149.